The number of aryl methyl sites for hydroxylation is 1. The van der Waals surface area contributed by atoms with Crippen LogP contribution in [0, 0.1) is 18.8 Å². The fourth-order valence-electron chi connectivity index (χ4n) is 5.40. The lowest BCUT2D eigenvalue weighted by atomic mass is 9.83. The maximum atomic E-state index is 14.0. The summed E-state index contributed by atoms with van der Waals surface area (Å²) in [5.74, 6) is 0.221. The summed E-state index contributed by atoms with van der Waals surface area (Å²) in [4.78, 5) is 33.5. The minimum atomic E-state index is -0.428. The molecular formula is C29H39N3O2. The van der Waals surface area contributed by atoms with Crippen LogP contribution < -0.4 is 5.32 Å². The SMILES string of the molecule is CCC(C)C(=O)NC(C(=O)N1CCCC1c1cc(-c2ccc(C)cc2)ccn1)C1CCCCC1. The van der Waals surface area contributed by atoms with E-state index in [-0.39, 0.29) is 29.7 Å². The molecule has 1 aromatic heterocycles. The Morgan fingerprint density at radius 1 is 1.03 bits per heavy atom. The number of hydrogen-bond donors (Lipinski definition) is 1. The molecule has 0 spiro atoms. The van der Waals surface area contributed by atoms with Gasteiger partial charge in [-0.25, -0.2) is 0 Å². The smallest absolute Gasteiger partial charge is 0.246 e. The van der Waals surface area contributed by atoms with Gasteiger partial charge in [0.05, 0.1) is 11.7 Å². The van der Waals surface area contributed by atoms with Crippen LogP contribution in [-0.2, 0) is 9.59 Å². The van der Waals surface area contributed by atoms with Crippen molar-refractivity contribution in [1.82, 2.24) is 15.2 Å². The zero-order chi connectivity index (χ0) is 24.1. The summed E-state index contributed by atoms with van der Waals surface area (Å²) < 4.78 is 0. The van der Waals surface area contributed by atoms with E-state index in [0.717, 1.165) is 68.3 Å². The van der Waals surface area contributed by atoms with E-state index >= 15 is 0 Å². The predicted molar refractivity (Wildman–Crippen MR) is 136 cm³/mol. The summed E-state index contributed by atoms with van der Waals surface area (Å²) >= 11 is 0. The van der Waals surface area contributed by atoms with Crippen LogP contribution in [0.1, 0.15) is 82.5 Å². The maximum absolute atomic E-state index is 14.0. The quantitative estimate of drug-likeness (QED) is 0.564. The first-order valence-electron chi connectivity index (χ1n) is 13.1. The first-order chi connectivity index (χ1) is 16.5. The summed E-state index contributed by atoms with van der Waals surface area (Å²) in [6, 6.07) is 12.2. The molecule has 2 heterocycles. The van der Waals surface area contributed by atoms with E-state index in [1.807, 2.05) is 31.0 Å². The molecule has 0 radical (unpaired) electrons. The highest BCUT2D eigenvalue weighted by molar-refractivity contribution is 5.89. The molecule has 5 heteroatoms. The third-order valence-corrected chi connectivity index (χ3v) is 7.79. The van der Waals surface area contributed by atoms with E-state index in [9.17, 15) is 9.59 Å². The van der Waals surface area contributed by atoms with Gasteiger partial charge < -0.3 is 10.2 Å². The molecule has 2 fully saturated rings. The Balaban J connectivity index is 1.57. The number of amides is 2. The van der Waals surface area contributed by atoms with Gasteiger partial charge in [-0.15, -0.1) is 0 Å². The van der Waals surface area contributed by atoms with Crippen LogP contribution in [0.15, 0.2) is 42.6 Å². The van der Waals surface area contributed by atoms with E-state index in [4.69, 9.17) is 4.98 Å². The zero-order valence-corrected chi connectivity index (χ0v) is 20.9. The van der Waals surface area contributed by atoms with Crippen molar-refractivity contribution in [2.24, 2.45) is 11.8 Å². The minimum absolute atomic E-state index is 0.00154. The van der Waals surface area contributed by atoms with E-state index in [1.165, 1.54) is 12.0 Å². The first-order valence-corrected chi connectivity index (χ1v) is 13.1. The normalized spacial score (nSPS) is 20.7. The number of pyridine rings is 1. The average molecular weight is 462 g/mol. The van der Waals surface area contributed by atoms with Gasteiger partial charge >= 0.3 is 0 Å². The van der Waals surface area contributed by atoms with Crippen molar-refractivity contribution in [1.29, 1.82) is 0 Å². The number of aromatic nitrogens is 1. The molecule has 182 valence electrons. The van der Waals surface area contributed by atoms with Crippen molar-refractivity contribution >= 4 is 11.8 Å². The lowest BCUT2D eigenvalue weighted by molar-refractivity contribution is -0.140. The molecule has 1 saturated heterocycles. The molecule has 1 N–H and O–H groups in total. The summed E-state index contributed by atoms with van der Waals surface area (Å²) in [6.07, 6.45) is 10.0. The Labute approximate surface area is 204 Å². The van der Waals surface area contributed by atoms with E-state index in [1.54, 1.807) is 0 Å². The van der Waals surface area contributed by atoms with Gasteiger partial charge in [-0.3, -0.25) is 14.6 Å². The number of hydrogen-bond acceptors (Lipinski definition) is 3. The third kappa shape index (κ3) is 5.51. The molecule has 5 nitrogen and oxygen atoms in total. The minimum Gasteiger partial charge on any atom is -0.344 e. The van der Waals surface area contributed by atoms with Gasteiger partial charge in [-0.1, -0.05) is 62.9 Å². The van der Waals surface area contributed by atoms with Crippen LogP contribution in [0.2, 0.25) is 0 Å². The summed E-state index contributed by atoms with van der Waals surface area (Å²) in [6.45, 7) is 6.77. The second kappa shape index (κ2) is 11.2. The van der Waals surface area contributed by atoms with Crippen LogP contribution in [0.5, 0.6) is 0 Å². The zero-order valence-electron chi connectivity index (χ0n) is 20.9. The maximum Gasteiger partial charge on any atom is 0.246 e. The second-order valence-electron chi connectivity index (χ2n) is 10.2. The standard InChI is InChI=1S/C29H39N3O2/c1-4-21(3)28(33)31-27(23-9-6-5-7-10-23)29(34)32-18-8-11-26(32)25-19-24(16-17-30-25)22-14-12-20(2)13-15-22/h12-17,19,21,23,26-27H,4-11,18H2,1-3H3,(H,31,33). The number of rotatable bonds is 7. The molecule has 1 aromatic carbocycles. The Morgan fingerprint density at radius 2 is 1.76 bits per heavy atom. The van der Waals surface area contributed by atoms with Crippen molar-refractivity contribution < 1.29 is 9.59 Å². The number of benzene rings is 1. The Hall–Kier alpha value is -2.69. The summed E-state index contributed by atoms with van der Waals surface area (Å²) in [5, 5.41) is 3.18. The monoisotopic (exact) mass is 461 g/mol. The van der Waals surface area contributed by atoms with Gasteiger partial charge in [-0.05, 0) is 68.2 Å². The Kier molecular flexibility index (Phi) is 8.02. The highest BCUT2D eigenvalue weighted by atomic mass is 16.2. The molecule has 3 atom stereocenters. The molecular weight excluding hydrogens is 422 g/mol. The van der Waals surface area contributed by atoms with Gasteiger partial charge in [0.15, 0.2) is 0 Å². The largest absolute Gasteiger partial charge is 0.344 e. The fourth-order valence-corrected chi connectivity index (χ4v) is 5.40. The van der Waals surface area contributed by atoms with Crippen molar-refractivity contribution in [3.63, 3.8) is 0 Å². The molecule has 2 aromatic rings. The lowest BCUT2D eigenvalue weighted by Gasteiger charge is -2.35. The van der Waals surface area contributed by atoms with E-state index < -0.39 is 6.04 Å². The number of nitrogens with one attached hydrogen (secondary N) is 1. The number of likely N-dealkylation sites (tertiary alicyclic amines) is 1. The van der Waals surface area contributed by atoms with Gasteiger partial charge in [0.1, 0.15) is 6.04 Å². The van der Waals surface area contributed by atoms with Gasteiger partial charge in [0.2, 0.25) is 11.8 Å². The second-order valence-corrected chi connectivity index (χ2v) is 10.2. The van der Waals surface area contributed by atoms with Gasteiger partial charge in [0.25, 0.3) is 0 Å². The third-order valence-electron chi connectivity index (χ3n) is 7.79. The Morgan fingerprint density at radius 3 is 2.47 bits per heavy atom. The van der Waals surface area contributed by atoms with Crippen LogP contribution in [0.25, 0.3) is 11.1 Å². The van der Waals surface area contributed by atoms with Gasteiger partial charge in [-0.2, -0.15) is 0 Å². The predicted octanol–water partition coefficient (Wildman–Crippen LogP) is 5.83. The Bertz CT molecular complexity index is 981. The number of carbonyl (C=O) groups excluding carboxylic acids is 2. The molecule has 1 aliphatic heterocycles. The van der Waals surface area contributed by atoms with Crippen LogP contribution >= 0.6 is 0 Å². The van der Waals surface area contributed by atoms with Crippen LogP contribution in [0.4, 0.5) is 0 Å². The van der Waals surface area contributed by atoms with Crippen molar-refractivity contribution in [2.45, 2.75) is 84.2 Å². The number of carbonyl (C=O) groups is 2. The molecule has 34 heavy (non-hydrogen) atoms. The van der Waals surface area contributed by atoms with Crippen molar-refractivity contribution in [2.75, 3.05) is 6.54 Å². The van der Waals surface area contributed by atoms with Crippen LogP contribution in [0.3, 0.4) is 0 Å². The van der Waals surface area contributed by atoms with Crippen molar-refractivity contribution in [3.8, 4) is 11.1 Å². The fraction of sp³-hybridized carbons (Fsp3) is 0.552. The lowest BCUT2D eigenvalue weighted by Crippen LogP contribution is -2.53. The molecule has 4 rings (SSSR count). The molecule has 2 aliphatic rings. The number of nitrogens with zero attached hydrogens (tertiary/aromatic N) is 2. The molecule has 1 aliphatic carbocycles. The summed E-state index contributed by atoms with van der Waals surface area (Å²) in [5.41, 5.74) is 4.46. The topological polar surface area (TPSA) is 62.3 Å². The highest BCUT2D eigenvalue weighted by Gasteiger charge is 2.39. The first kappa shape index (κ1) is 24.4. The molecule has 2 amide bonds. The van der Waals surface area contributed by atoms with Crippen LogP contribution in [-0.4, -0.2) is 34.3 Å². The molecule has 3 unspecified atom stereocenters. The van der Waals surface area contributed by atoms with Gasteiger partial charge in [0, 0.05) is 18.7 Å². The van der Waals surface area contributed by atoms with E-state index in [0.29, 0.717) is 0 Å². The molecule has 1 saturated carbocycles. The molecule has 0 bridgehead atoms. The average Bonchev–Trinajstić information content (AvgIpc) is 3.37. The summed E-state index contributed by atoms with van der Waals surface area (Å²) in [7, 11) is 0. The van der Waals surface area contributed by atoms with Crippen molar-refractivity contribution in [3.05, 3.63) is 53.9 Å². The highest BCUT2D eigenvalue weighted by Crippen LogP contribution is 2.35. The van der Waals surface area contributed by atoms with E-state index in [2.05, 4.69) is 42.6 Å².